The van der Waals surface area contributed by atoms with E-state index in [1.54, 1.807) is 41.1 Å². The van der Waals surface area contributed by atoms with Crippen molar-refractivity contribution in [2.75, 3.05) is 20.2 Å². The van der Waals surface area contributed by atoms with Gasteiger partial charge in [-0.05, 0) is 24.6 Å². The highest BCUT2D eigenvalue weighted by Gasteiger charge is 2.29. The van der Waals surface area contributed by atoms with Gasteiger partial charge in [-0.2, -0.15) is 0 Å². The second-order valence-corrected chi connectivity index (χ2v) is 5.36. The molecule has 6 nitrogen and oxygen atoms in total. The molecule has 1 fully saturated rings. The van der Waals surface area contributed by atoms with E-state index in [-0.39, 0.29) is 11.9 Å². The van der Waals surface area contributed by atoms with Gasteiger partial charge in [-0.25, -0.2) is 4.68 Å². The molecule has 21 heavy (non-hydrogen) atoms. The zero-order chi connectivity index (χ0) is 14.8. The summed E-state index contributed by atoms with van der Waals surface area (Å²) in [4.78, 5) is 14.4. The number of rotatable bonds is 3. The summed E-state index contributed by atoms with van der Waals surface area (Å²) in [6.45, 7) is 1.29. The van der Waals surface area contributed by atoms with Gasteiger partial charge >= 0.3 is 0 Å². The Balaban J connectivity index is 1.79. The van der Waals surface area contributed by atoms with Crippen LogP contribution in [-0.2, 0) is 0 Å². The number of carbonyl (C=O) groups excluding carboxylic acids is 1. The average molecular weight is 307 g/mol. The molecule has 1 saturated heterocycles. The molecule has 3 rings (SSSR count). The smallest absolute Gasteiger partial charge is 0.257 e. The number of halogens is 1. The fraction of sp³-hybridized carbons (Fsp3) is 0.357. The van der Waals surface area contributed by atoms with Gasteiger partial charge in [-0.15, -0.1) is 5.10 Å². The highest BCUT2D eigenvalue weighted by atomic mass is 35.5. The molecule has 2 aromatic rings. The van der Waals surface area contributed by atoms with Crippen molar-refractivity contribution in [1.29, 1.82) is 0 Å². The number of likely N-dealkylation sites (tertiary alicyclic amines) is 1. The SMILES string of the molecule is COc1ccc(Cl)cc1C(=O)N1CC[C@H](n2ccnn2)C1. The average Bonchev–Trinajstić information content (AvgIpc) is 3.17. The summed E-state index contributed by atoms with van der Waals surface area (Å²) in [6.07, 6.45) is 4.32. The Morgan fingerprint density at radius 1 is 1.48 bits per heavy atom. The maximum atomic E-state index is 12.6. The van der Waals surface area contributed by atoms with Gasteiger partial charge in [0.05, 0.1) is 24.9 Å². The predicted octanol–water partition coefficient (Wildman–Crippen LogP) is 2.03. The van der Waals surface area contributed by atoms with Gasteiger partial charge in [0.15, 0.2) is 0 Å². The maximum absolute atomic E-state index is 12.6. The first-order valence-electron chi connectivity index (χ1n) is 6.67. The van der Waals surface area contributed by atoms with Crippen molar-refractivity contribution in [3.05, 3.63) is 41.2 Å². The van der Waals surface area contributed by atoms with E-state index < -0.39 is 0 Å². The standard InChI is InChI=1S/C14H15ClN4O2/c1-21-13-3-2-10(15)8-12(13)14(20)18-6-4-11(9-18)19-7-5-16-17-19/h2-3,5,7-8,11H,4,6,9H2,1H3/t11-/m0/s1. The molecule has 7 heteroatoms. The highest BCUT2D eigenvalue weighted by Crippen LogP contribution is 2.27. The van der Waals surface area contributed by atoms with E-state index in [4.69, 9.17) is 16.3 Å². The Bertz CT molecular complexity index is 644. The molecular weight excluding hydrogens is 292 g/mol. The van der Waals surface area contributed by atoms with Crippen molar-refractivity contribution in [2.45, 2.75) is 12.5 Å². The summed E-state index contributed by atoms with van der Waals surface area (Å²) in [6, 6.07) is 5.23. The Morgan fingerprint density at radius 3 is 3.05 bits per heavy atom. The fourth-order valence-electron chi connectivity index (χ4n) is 2.57. The molecule has 1 aromatic carbocycles. The van der Waals surface area contributed by atoms with Crippen LogP contribution in [-0.4, -0.2) is 46.0 Å². The van der Waals surface area contributed by atoms with Crippen LogP contribution in [0.1, 0.15) is 22.8 Å². The van der Waals surface area contributed by atoms with E-state index in [1.165, 1.54) is 0 Å². The lowest BCUT2D eigenvalue weighted by Gasteiger charge is -2.18. The Kier molecular flexibility index (Phi) is 3.79. The lowest BCUT2D eigenvalue weighted by Crippen LogP contribution is -2.29. The van der Waals surface area contributed by atoms with Crippen LogP contribution in [0.25, 0.3) is 0 Å². The van der Waals surface area contributed by atoms with Gasteiger partial charge in [0, 0.05) is 24.3 Å². The number of nitrogens with zero attached hydrogens (tertiary/aromatic N) is 4. The first-order chi connectivity index (χ1) is 10.2. The second kappa shape index (κ2) is 5.73. The molecule has 110 valence electrons. The minimum atomic E-state index is -0.0723. The lowest BCUT2D eigenvalue weighted by atomic mass is 10.1. The molecule has 0 radical (unpaired) electrons. The van der Waals surface area contributed by atoms with Crippen LogP contribution in [0, 0.1) is 0 Å². The van der Waals surface area contributed by atoms with Gasteiger partial charge in [-0.1, -0.05) is 16.8 Å². The molecule has 0 aliphatic carbocycles. The largest absolute Gasteiger partial charge is 0.496 e. The van der Waals surface area contributed by atoms with Crippen molar-refractivity contribution in [3.8, 4) is 5.75 Å². The normalized spacial score (nSPS) is 18.0. The number of methoxy groups -OCH3 is 1. The number of benzene rings is 1. The summed E-state index contributed by atoms with van der Waals surface area (Å²) < 4.78 is 7.04. The third-order valence-electron chi connectivity index (χ3n) is 3.66. The summed E-state index contributed by atoms with van der Waals surface area (Å²) in [7, 11) is 1.54. The molecule has 0 spiro atoms. The zero-order valence-corrected chi connectivity index (χ0v) is 12.3. The fourth-order valence-corrected chi connectivity index (χ4v) is 2.74. The molecule has 1 amide bonds. The number of hydrogen-bond donors (Lipinski definition) is 0. The van der Waals surface area contributed by atoms with Crippen LogP contribution in [0.15, 0.2) is 30.6 Å². The van der Waals surface area contributed by atoms with Crippen LogP contribution >= 0.6 is 11.6 Å². The van der Waals surface area contributed by atoms with E-state index in [1.807, 2.05) is 6.20 Å². The van der Waals surface area contributed by atoms with E-state index in [9.17, 15) is 4.79 Å². The second-order valence-electron chi connectivity index (χ2n) is 4.92. The van der Waals surface area contributed by atoms with E-state index >= 15 is 0 Å². The molecule has 0 N–H and O–H groups in total. The van der Waals surface area contributed by atoms with Crippen LogP contribution in [0.4, 0.5) is 0 Å². The molecule has 1 atom stereocenters. The van der Waals surface area contributed by atoms with Crippen molar-refractivity contribution in [2.24, 2.45) is 0 Å². The maximum Gasteiger partial charge on any atom is 0.257 e. The monoisotopic (exact) mass is 306 g/mol. The molecule has 0 unspecified atom stereocenters. The number of ether oxygens (including phenoxy) is 1. The van der Waals surface area contributed by atoms with E-state index in [2.05, 4.69) is 10.3 Å². The minimum Gasteiger partial charge on any atom is -0.496 e. The first-order valence-corrected chi connectivity index (χ1v) is 7.05. The summed E-state index contributed by atoms with van der Waals surface area (Å²) in [5, 5.41) is 8.32. The molecule has 1 aliphatic rings. The van der Waals surface area contributed by atoms with Crippen LogP contribution in [0.2, 0.25) is 5.02 Å². The Labute approximate surface area is 127 Å². The first kappa shape index (κ1) is 13.9. The highest BCUT2D eigenvalue weighted by molar-refractivity contribution is 6.31. The summed E-state index contributed by atoms with van der Waals surface area (Å²) in [5.74, 6) is 0.463. The Hall–Kier alpha value is -2.08. The van der Waals surface area contributed by atoms with Crippen LogP contribution in [0.3, 0.4) is 0 Å². The Morgan fingerprint density at radius 2 is 2.33 bits per heavy atom. The molecule has 1 aliphatic heterocycles. The third-order valence-corrected chi connectivity index (χ3v) is 3.89. The third kappa shape index (κ3) is 2.71. The molecule has 0 bridgehead atoms. The van der Waals surface area contributed by atoms with Gasteiger partial charge < -0.3 is 9.64 Å². The van der Waals surface area contributed by atoms with Gasteiger partial charge in [0.25, 0.3) is 5.91 Å². The number of amides is 1. The van der Waals surface area contributed by atoms with Crippen molar-refractivity contribution in [1.82, 2.24) is 19.9 Å². The molecule has 0 saturated carbocycles. The van der Waals surface area contributed by atoms with E-state index in [0.717, 1.165) is 6.42 Å². The number of hydrogen-bond acceptors (Lipinski definition) is 4. The van der Waals surface area contributed by atoms with E-state index in [0.29, 0.717) is 29.4 Å². The van der Waals surface area contributed by atoms with Gasteiger partial charge in [0.2, 0.25) is 0 Å². The molecule has 2 heterocycles. The lowest BCUT2D eigenvalue weighted by molar-refractivity contribution is 0.0783. The summed E-state index contributed by atoms with van der Waals surface area (Å²) >= 11 is 5.99. The topological polar surface area (TPSA) is 60.2 Å². The molecular formula is C14H15ClN4O2. The summed E-state index contributed by atoms with van der Waals surface area (Å²) in [5.41, 5.74) is 0.490. The van der Waals surface area contributed by atoms with Crippen LogP contribution < -0.4 is 4.74 Å². The predicted molar refractivity (Wildman–Crippen MR) is 77.6 cm³/mol. The van der Waals surface area contributed by atoms with Gasteiger partial charge in [0.1, 0.15) is 5.75 Å². The van der Waals surface area contributed by atoms with Crippen molar-refractivity contribution >= 4 is 17.5 Å². The minimum absolute atomic E-state index is 0.0723. The van der Waals surface area contributed by atoms with Crippen molar-refractivity contribution < 1.29 is 9.53 Å². The van der Waals surface area contributed by atoms with Gasteiger partial charge in [-0.3, -0.25) is 4.79 Å². The molecule has 1 aromatic heterocycles. The number of aromatic nitrogens is 3. The van der Waals surface area contributed by atoms with Crippen molar-refractivity contribution in [3.63, 3.8) is 0 Å². The van der Waals surface area contributed by atoms with Crippen LogP contribution in [0.5, 0.6) is 5.75 Å². The zero-order valence-electron chi connectivity index (χ0n) is 11.6. The quantitative estimate of drug-likeness (QED) is 0.870. The number of carbonyl (C=O) groups is 1.